The van der Waals surface area contributed by atoms with E-state index in [1.807, 2.05) is 36.4 Å². The second-order valence-electron chi connectivity index (χ2n) is 5.36. The van der Waals surface area contributed by atoms with Gasteiger partial charge >= 0.3 is 11.9 Å². The highest BCUT2D eigenvalue weighted by Gasteiger charge is 2.18. The Balaban J connectivity index is 0.000000330. The van der Waals surface area contributed by atoms with Gasteiger partial charge in [0.1, 0.15) is 13.2 Å². The summed E-state index contributed by atoms with van der Waals surface area (Å²) in [6.07, 6.45) is 6.57. The molecule has 0 unspecified atom stereocenters. The summed E-state index contributed by atoms with van der Waals surface area (Å²) in [5, 5.41) is 0. The molecule has 2 aromatic rings. The molecular weight excluding hydrogens is 352 g/mol. The second kappa shape index (κ2) is 12.7. The summed E-state index contributed by atoms with van der Waals surface area (Å²) >= 11 is 0. The van der Waals surface area contributed by atoms with Crippen LogP contribution in [-0.4, -0.2) is 25.2 Å². The smallest absolute Gasteiger partial charge is 0.339 e. The first-order valence-corrected chi connectivity index (χ1v) is 8.58. The Hall–Kier alpha value is -3.66. The van der Waals surface area contributed by atoms with Crippen LogP contribution < -0.4 is 0 Å². The van der Waals surface area contributed by atoms with E-state index >= 15 is 0 Å². The van der Waals surface area contributed by atoms with Gasteiger partial charge in [0.15, 0.2) is 0 Å². The molecule has 2 aromatic carbocycles. The first-order valence-electron chi connectivity index (χ1n) is 8.58. The first kappa shape index (κ1) is 22.4. The third-order valence-corrected chi connectivity index (χ3v) is 3.47. The van der Waals surface area contributed by atoms with Gasteiger partial charge in [-0.25, -0.2) is 9.59 Å². The molecule has 0 atom stereocenters. The van der Waals surface area contributed by atoms with Crippen LogP contribution in [0.1, 0.15) is 31.8 Å². The van der Waals surface area contributed by atoms with Crippen molar-refractivity contribution in [2.45, 2.75) is 0 Å². The fourth-order valence-corrected chi connectivity index (χ4v) is 2.15. The molecule has 0 aliphatic heterocycles. The van der Waals surface area contributed by atoms with Crippen molar-refractivity contribution in [3.05, 3.63) is 109 Å². The van der Waals surface area contributed by atoms with E-state index in [4.69, 9.17) is 9.47 Å². The standard InChI is InChI=1S/C14H14O4.C10H10/c1-3-9-17-13(15)11-7-5-6-8-12(11)14(16)18-10-4-2;1-3-9-7-5-6-8-10(9)4-2/h3-8H,1-2,9-10H2;3-8H,1-2H2. The zero-order valence-electron chi connectivity index (χ0n) is 15.8. The average Bonchev–Trinajstić information content (AvgIpc) is 2.76. The van der Waals surface area contributed by atoms with Crippen molar-refractivity contribution < 1.29 is 19.1 Å². The molecule has 4 nitrogen and oxygen atoms in total. The number of esters is 2. The SMILES string of the molecule is C=CCOC(=O)c1ccccc1C(=O)OCC=C.C=Cc1ccccc1C=C. The minimum Gasteiger partial charge on any atom is -0.458 e. The first-order chi connectivity index (χ1) is 13.6. The highest BCUT2D eigenvalue weighted by Crippen LogP contribution is 2.12. The van der Waals surface area contributed by atoms with Gasteiger partial charge in [-0.2, -0.15) is 0 Å². The Kier molecular flexibility index (Phi) is 10.1. The fourth-order valence-electron chi connectivity index (χ4n) is 2.15. The normalized spacial score (nSPS) is 9.14. The van der Waals surface area contributed by atoms with Crippen LogP contribution in [0.15, 0.2) is 87.0 Å². The molecule has 0 saturated carbocycles. The lowest BCUT2D eigenvalue weighted by Gasteiger charge is -2.07. The topological polar surface area (TPSA) is 52.6 Å². The highest BCUT2D eigenvalue weighted by molar-refractivity contribution is 6.03. The van der Waals surface area contributed by atoms with Crippen molar-refractivity contribution in [1.82, 2.24) is 0 Å². The Morgan fingerprint density at radius 3 is 1.36 bits per heavy atom. The van der Waals surface area contributed by atoms with Crippen molar-refractivity contribution in [2.75, 3.05) is 13.2 Å². The maximum absolute atomic E-state index is 11.7. The van der Waals surface area contributed by atoms with Gasteiger partial charge < -0.3 is 9.47 Å². The van der Waals surface area contributed by atoms with E-state index in [0.29, 0.717) is 0 Å². The molecule has 2 rings (SSSR count). The summed E-state index contributed by atoms with van der Waals surface area (Å²) in [4.78, 5) is 23.4. The molecule has 4 heteroatoms. The highest BCUT2D eigenvalue weighted by atomic mass is 16.5. The molecule has 0 spiro atoms. The zero-order chi connectivity index (χ0) is 20.8. The van der Waals surface area contributed by atoms with Crippen molar-refractivity contribution in [3.63, 3.8) is 0 Å². The maximum Gasteiger partial charge on any atom is 0.339 e. The van der Waals surface area contributed by atoms with Crippen LogP contribution in [0.25, 0.3) is 12.2 Å². The molecule has 0 aliphatic rings. The molecule has 0 N–H and O–H groups in total. The number of hydrogen-bond donors (Lipinski definition) is 0. The van der Waals surface area contributed by atoms with Gasteiger partial charge in [0.25, 0.3) is 0 Å². The van der Waals surface area contributed by atoms with E-state index < -0.39 is 11.9 Å². The van der Waals surface area contributed by atoms with Crippen molar-refractivity contribution in [3.8, 4) is 0 Å². The molecule has 0 saturated heterocycles. The lowest BCUT2D eigenvalue weighted by Crippen LogP contribution is -2.14. The lowest BCUT2D eigenvalue weighted by molar-refractivity contribution is 0.0503. The molecule has 0 heterocycles. The molecule has 0 aliphatic carbocycles. The van der Waals surface area contributed by atoms with E-state index in [2.05, 4.69) is 26.3 Å². The molecule has 0 radical (unpaired) electrons. The summed E-state index contributed by atoms with van der Waals surface area (Å²) in [5.41, 5.74) is 2.62. The van der Waals surface area contributed by atoms with Crippen molar-refractivity contribution in [2.24, 2.45) is 0 Å². The van der Waals surface area contributed by atoms with E-state index in [-0.39, 0.29) is 24.3 Å². The van der Waals surface area contributed by atoms with E-state index in [1.54, 1.807) is 12.1 Å². The summed E-state index contributed by atoms with van der Waals surface area (Å²) in [7, 11) is 0. The minimum absolute atomic E-state index is 0.0921. The summed E-state index contributed by atoms with van der Waals surface area (Å²) in [5.74, 6) is -1.16. The van der Waals surface area contributed by atoms with Gasteiger partial charge in [0.2, 0.25) is 0 Å². The van der Waals surface area contributed by atoms with Crippen LogP contribution >= 0.6 is 0 Å². The molecule has 28 heavy (non-hydrogen) atoms. The second-order valence-corrected chi connectivity index (χ2v) is 5.36. The Morgan fingerprint density at radius 1 is 0.679 bits per heavy atom. The zero-order valence-corrected chi connectivity index (χ0v) is 15.8. The van der Waals surface area contributed by atoms with Crippen LogP contribution in [-0.2, 0) is 9.47 Å². The summed E-state index contributed by atoms with van der Waals surface area (Å²) in [6, 6.07) is 14.3. The average molecular weight is 376 g/mol. The molecule has 0 aromatic heterocycles. The summed E-state index contributed by atoms with van der Waals surface area (Å²) < 4.78 is 9.78. The van der Waals surface area contributed by atoms with Crippen LogP contribution in [0.4, 0.5) is 0 Å². The summed E-state index contributed by atoms with van der Waals surface area (Å²) in [6.45, 7) is 14.5. The van der Waals surface area contributed by atoms with Gasteiger partial charge in [-0.3, -0.25) is 0 Å². The van der Waals surface area contributed by atoms with Crippen molar-refractivity contribution in [1.29, 1.82) is 0 Å². The monoisotopic (exact) mass is 376 g/mol. The number of carbonyl (C=O) groups is 2. The lowest BCUT2D eigenvalue weighted by atomic mass is 10.1. The Bertz CT molecular complexity index is 779. The van der Waals surface area contributed by atoms with Crippen LogP contribution in [0.5, 0.6) is 0 Å². The van der Waals surface area contributed by atoms with Crippen LogP contribution in [0, 0.1) is 0 Å². The minimum atomic E-state index is -0.582. The molecule has 144 valence electrons. The predicted octanol–water partition coefficient (Wildman–Crippen LogP) is 5.34. The molecule has 0 bridgehead atoms. The van der Waals surface area contributed by atoms with E-state index in [1.165, 1.54) is 24.3 Å². The number of carbonyl (C=O) groups excluding carboxylic acids is 2. The number of benzene rings is 2. The third kappa shape index (κ3) is 6.92. The molecule has 0 amide bonds. The largest absolute Gasteiger partial charge is 0.458 e. The molecule has 0 fully saturated rings. The third-order valence-electron chi connectivity index (χ3n) is 3.47. The van der Waals surface area contributed by atoms with Gasteiger partial charge in [-0.1, -0.05) is 87.0 Å². The van der Waals surface area contributed by atoms with Crippen LogP contribution in [0.2, 0.25) is 0 Å². The molecular formula is C24H24O4. The van der Waals surface area contributed by atoms with Gasteiger partial charge in [-0.05, 0) is 23.3 Å². The predicted molar refractivity (Wildman–Crippen MR) is 114 cm³/mol. The van der Waals surface area contributed by atoms with Gasteiger partial charge in [-0.15, -0.1) is 0 Å². The van der Waals surface area contributed by atoms with E-state index in [0.717, 1.165) is 11.1 Å². The quantitative estimate of drug-likeness (QED) is 0.461. The van der Waals surface area contributed by atoms with Crippen LogP contribution in [0.3, 0.4) is 0 Å². The number of ether oxygens (including phenoxy) is 2. The van der Waals surface area contributed by atoms with Gasteiger partial charge in [0, 0.05) is 0 Å². The Morgan fingerprint density at radius 2 is 1.04 bits per heavy atom. The number of hydrogen-bond acceptors (Lipinski definition) is 4. The van der Waals surface area contributed by atoms with Crippen molar-refractivity contribution >= 4 is 24.1 Å². The Labute approximate surface area is 166 Å². The fraction of sp³-hybridized carbons (Fsp3) is 0.0833. The van der Waals surface area contributed by atoms with Gasteiger partial charge in [0.05, 0.1) is 11.1 Å². The number of rotatable bonds is 8. The maximum atomic E-state index is 11.7. The van der Waals surface area contributed by atoms with E-state index in [9.17, 15) is 9.59 Å².